The van der Waals surface area contributed by atoms with Crippen LogP contribution in [0, 0.1) is 6.92 Å². The minimum absolute atomic E-state index is 0.188. The smallest absolute Gasteiger partial charge is 0.147 e. The second kappa shape index (κ2) is 5.16. The minimum atomic E-state index is -2.87. The maximum absolute atomic E-state index is 10.9. The molecule has 0 atom stereocenters. The van der Waals surface area contributed by atoms with Crippen molar-refractivity contribution >= 4 is 21.3 Å². The van der Waals surface area contributed by atoms with Gasteiger partial charge < -0.3 is 11.1 Å². The summed E-state index contributed by atoms with van der Waals surface area (Å²) >= 11 is 0. The maximum atomic E-state index is 10.9. The number of rotatable bonds is 5. The highest BCUT2D eigenvalue weighted by Crippen LogP contribution is 2.12. The lowest BCUT2D eigenvalue weighted by Gasteiger charge is -2.06. The highest BCUT2D eigenvalue weighted by atomic mass is 32.2. The molecule has 1 aromatic heterocycles. The van der Waals surface area contributed by atoms with E-state index in [9.17, 15) is 8.42 Å². The Morgan fingerprint density at radius 3 is 2.75 bits per heavy atom. The van der Waals surface area contributed by atoms with Crippen LogP contribution in [0.1, 0.15) is 12.0 Å². The average molecular weight is 243 g/mol. The van der Waals surface area contributed by atoms with Crippen LogP contribution in [-0.4, -0.2) is 32.0 Å². The number of nitrogens with two attached hydrogens (primary N) is 1. The van der Waals surface area contributed by atoms with Gasteiger partial charge in [0, 0.05) is 12.8 Å². The molecule has 6 heteroatoms. The Morgan fingerprint density at radius 1 is 1.50 bits per heavy atom. The van der Waals surface area contributed by atoms with Gasteiger partial charge in [0.2, 0.25) is 0 Å². The van der Waals surface area contributed by atoms with E-state index in [0.29, 0.717) is 18.7 Å². The molecule has 3 N–H and O–H groups in total. The van der Waals surface area contributed by atoms with E-state index < -0.39 is 9.84 Å². The van der Waals surface area contributed by atoms with Gasteiger partial charge in [-0.15, -0.1) is 0 Å². The summed E-state index contributed by atoms with van der Waals surface area (Å²) in [5.41, 5.74) is 7.24. The van der Waals surface area contributed by atoms with Gasteiger partial charge in [0.05, 0.1) is 17.6 Å². The quantitative estimate of drug-likeness (QED) is 0.748. The predicted molar refractivity (Wildman–Crippen MR) is 66.2 cm³/mol. The molecule has 5 nitrogen and oxygen atoms in total. The highest BCUT2D eigenvalue weighted by Gasteiger charge is 2.02. The molecule has 16 heavy (non-hydrogen) atoms. The molecule has 0 saturated carbocycles. The lowest BCUT2D eigenvalue weighted by Crippen LogP contribution is -2.10. The van der Waals surface area contributed by atoms with Crippen molar-refractivity contribution in [2.24, 2.45) is 0 Å². The summed E-state index contributed by atoms with van der Waals surface area (Å²) in [6.45, 7) is 2.49. The summed E-state index contributed by atoms with van der Waals surface area (Å²) in [7, 11) is -2.87. The third kappa shape index (κ3) is 4.48. The SMILES string of the molecule is Cc1cc(NCCCS(C)(=O)=O)ncc1N. The van der Waals surface area contributed by atoms with Crippen molar-refractivity contribution in [2.75, 3.05) is 29.6 Å². The summed E-state index contributed by atoms with van der Waals surface area (Å²) in [4.78, 5) is 4.09. The molecule has 90 valence electrons. The number of aryl methyl sites for hydroxylation is 1. The van der Waals surface area contributed by atoms with Crippen LogP contribution in [0.2, 0.25) is 0 Å². The molecule has 1 rings (SSSR count). The molecule has 0 unspecified atom stereocenters. The molecule has 0 aromatic carbocycles. The second-order valence-corrected chi connectivity index (χ2v) is 6.10. The first-order chi connectivity index (χ1) is 7.38. The standard InChI is InChI=1S/C10H17N3O2S/c1-8-6-10(13-7-9(8)11)12-4-3-5-16(2,14)15/h6-7H,3-5,11H2,1-2H3,(H,12,13). The summed E-state index contributed by atoms with van der Waals surface area (Å²) in [6.07, 6.45) is 3.40. The summed E-state index contributed by atoms with van der Waals surface area (Å²) in [5, 5.41) is 3.05. The fraction of sp³-hybridized carbons (Fsp3) is 0.500. The van der Waals surface area contributed by atoms with Gasteiger partial charge in [0.25, 0.3) is 0 Å². The molecular formula is C10H17N3O2S. The number of nitrogen functional groups attached to an aromatic ring is 1. The van der Waals surface area contributed by atoms with Crippen molar-refractivity contribution < 1.29 is 8.42 Å². The number of hydrogen-bond donors (Lipinski definition) is 2. The van der Waals surface area contributed by atoms with Gasteiger partial charge in [0.15, 0.2) is 0 Å². The first-order valence-corrected chi connectivity index (χ1v) is 7.08. The van der Waals surface area contributed by atoms with Gasteiger partial charge in [-0.05, 0) is 25.0 Å². The number of pyridine rings is 1. The molecule has 1 heterocycles. The van der Waals surface area contributed by atoms with Gasteiger partial charge in [-0.1, -0.05) is 0 Å². The van der Waals surface area contributed by atoms with Gasteiger partial charge in [0.1, 0.15) is 15.7 Å². The molecule has 0 aliphatic rings. The van der Waals surface area contributed by atoms with Crippen LogP contribution < -0.4 is 11.1 Å². The van der Waals surface area contributed by atoms with E-state index >= 15 is 0 Å². The Hall–Kier alpha value is -1.30. The van der Waals surface area contributed by atoms with E-state index in [2.05, 4.69) is 10.3 Å². The van der Waals surface area contributed by atoms with E-state index in [0.717, 1.165) is 11.4 Å². The first kappa shape index (κ1) is 12.8. The molecule has 0 radical (unpaired) electrons. The monoisotopic (exact) mass is 243 g/mol. The predicted octanol–water partition coefficient (Wildman–Crippen LogP) is 0.819. The van der Waals surface area contributed by atoms with E-state index in [-0.39, 0.29) is 5.75 Å². The Balaban J connectivity index is 2.41. The zero-order valence-electron chi connectivity index (χ0n) is 9.53. The lowest BCUT2D eigenvalue weighted by molar-refractivity contribution is 0.600. The summed E-state index contributed by atoms with van der Waals surface area (Å²) in [6, 6.07) is 1.84. The number of aromatic nitrogens is 1. The topological polar surface area (TPSA) is 85.1 Å². The molecular weight excluding hydrogens is 226 g/mol. The molecule has 0 bridgehead atoms. The van der Waals surface area contributed by atoms with E-state index in [1.165, 1.54) is 6.26 Å². The number of hydrogen-bond acceptors (Lipinski definition) is 5. The third-order valence-electron chi connectivity index (χ3n) is 2.15. The fourth-order valence-corrected chi connectivity index (χ4v) is 1.88. The zero-order chi connectivity index (χ0) is 12.2. The van der Waals surface area contributed by atoms with Crippen molar-refractivity contribution in [3.8, 4) is 0 Å². The van der Waals surface area contributed by atoms with Crippen molar-refractivity contribution in [1.82, 2.24) is 4.98 Å². The van der Waals surface area contributed by atoms with Crippen molar-refractivity contribution in [1.29, 1.82) is 0 Å². The first-order valence-electron chi connectivity index (χ1n) is 5.02. The Bertz CT molecular complexity index is 457. The molecule has 1 aromatic rings. The molecule has 0 aliphatic heterocycles. The van der Waals surface area contributed by atoms with Gasteiger partial charge in [-0.25, -0.2) is 13.4 Å². The Kier molecular flexibility index (Phi) is 4.12. The van der Waals surface area contributed by atoms with Crippen molar-refractivity contribution in [3.63, 3.8) is 0 Å². The lowest BCUT2D eigenvalue weighted by atomic mass is 10.2. The molecule has 0 amide bonds. The summed E-state index contributed by atoms with van der Waals surface area (Å²) in [5.74, 6) is 0.911. The fourth-order valence-electron chi connectivity index (χ4n) is 1.21. The number of nitrogens with one attached hydrogen (secondary N) is 1. The molecule has 0 aliphatic carbocycles. The largest absolute Gasteiger partial charge is 0.397 e. The summed E-state index contributed by atoms with van der Waals surface area (Å²) < 4.78 is 21.8. The number of sulfone groups is 1. The normalized spacial score (nSPS) is 11.4. The van der Waals surface area contributed by atoms with Crippen LogP contribution in [0.4, 0.5) is 11.5 Å². The average Bonchev–Trinajstić information content (AvgIpc) is 2.17. The Labute approximate surface area is 96.0 Å². The molecule has 0 saturated heterocycles. The van der Waals surface area contributed by atoms with Crippen LogP contribution in [0.15, 0.2) is 12.3 Å². The van der Waals surface area contributed by atoms with Gasteiger partial charge in [-0.2, -0.15) is 0 Å². The highest BCUT2D eigenvalue weighted by molar-refractivity contribution is 7.90. The van der Waals surface area contributed by atoms with E-state index in [4.69, 9.17) is 5.73 Å². The third-order valence-corrected chi connectivity index (χ3v) is 3.18. The van der Waals surface area contributed by atoms with Gasteiger partial charge >= 0.3 is 0 Å². The molecule has 0 spiro atoms. The molecule has 0 fully saturated rings. The van der Waals surface area contributed by atoms with Crippen LogP contribution in [0.25, 0.3) is 0 Å². The van der Waals surface area contributed by atoms with Crippen molar-refractivity contribution in [3.05, 3.63) is 17.8 Å². The van der Waals surface area contributed by atoms with Crippen LogP contribution in [0.3, 0.4) is 0 Å². The van der Waals surface area contributed by atoms with E-state index in [1.807, 2.05) is 13.0 Å². The number of nitrogens with zero attached hydrogens (tertiary/aromatic N) is 1. The van der Waals surface area contributed by atoms with Crippen LogP contribution in [0.5, 0.6) is 0 Å². The van der Waals surface area contributed by atoms with Crippen LogP contribution in [-0.2, 0) is 9.84 Å². The zero-order valence-corrected chi connectivity index (χ0v) is 10.3. The van der Waals surface area contributed by atoms with E-state index in [1.54, 1.807) is 6.20 Å². The van der Waals surface area contributed by atoms with Gasteiger partial charge in [-0.3, -0.25) is 0 Å². The number of anilines is 2. The Morgan fingerprint density at radius 2 is 2.19 bits per heavy atom. The maximum Gasteiger partial charge on any atom is 0.147 e. The van der Waals surface area contributed by atoms with Crippen LogP contribution >= 0.6 is 0 Å². The van der Waals surface area contributed by atoms with Crippen molar-refractivity contribution in [2.45, 2.75) is 13.3 Å². The minimum Gasteiger partial charge on any atom is -0.397 e. The second-order valence-electron chi connectivity index (χ2n) is 3.84.